The Balaban J connectivity index is 2.57. The molecule has 1 atom stereocenters. The molecule has 1 rings (SSSR count). The number of alkyl halides is 1. The molecule has 82 valence electrons. The molecule has 15 heavy (non-hydrogen) atoms. The van der Waals surface area contributed by atoms with Crippen molar-refractivity contribution < 1.29 is 14.3 Å². The van der Waals surface area contributed by atoms with Gasteiger partial charge in [-0.05, 0) is 37.5 Å². The minimum Gasteiger partial charge on any atom is -0.479 e. The highest BCUT2D eigenvalue weighted by Gasteiger charge is 2.31. The molecule has 0 saturated heterocycles. The van der Waals surface area contributed by atoms with Crippen molar-refractivity contribution in [2.24, 2.45) is 0 Å². The Hall–Kier alpha value is -1.09. The third-order valence-electron chi connectivity index (χ3n) is 2.24. The molecule has 0 aliphatic heterocycles. The number of carboxylic acids is 1. The maximum absolute atomic E-state index is 13.4. The van der Waals surface area contributed by atoms with Crippen LogP contribution >= 0.6 is 11.6 Å². The summed E-state index contributed by atoms with van der Waals surface area (Å²) in [6.45, 7) is 1.07. The Morgan fingerprint density at radius 1 is 1.47 bits per heavy atom. The van der Waals surface area contributed by atoms with Crippen LogP contribution in [0.4, 0.5) is 4.39 Å². The second-order valence-corrected chi connectivity index (χ2v) is 4.07. The zero-order valence-corrected chi connectivity index (χ0v) is 9.09. The molecule has 0 aliphatic carbocycles. The summed E-state index contributed by atoms with van der Waals surface area (Å²) in [7, 11) is 0. The molecule has 1 unspecified atom stereocenters. The van der Waals surface area contributed by atoms with E-state index in [1.807, 2.05) is 0 Å². The van der Waals surface area contributed by atoms with Crippen molar-refractivity contribution in [2.75, 3.05) is 0 Å². The third kappa shape index (κ3) is 3.51. The van der Waals surface area contributed by atoms with Crippen LogP contribution in [0.25, 0.3) is 0 Å². The fraction of sp³-hybridized carbons (Fsp3) is 0.364. The number of aliphatic carboxylic acids is 1. The van der Waals surface area contributed by atoms with E-state index < -0.39 is 11.6 Å². The topological polar surface area (TPSA) is 37.3 Å². The predicted molar refractivity (Wildman–Crippen MR) is 56.9 cm³/mol. The molecule has 0 aliphatic rings. The van der Waals surface area contributed by atoms with Crippen molar-refractivity contribution in [3.05, 3.63) is 34.9 Å². The molecular weight excluding hydrogens is 219 g/mol. The first-order chi connectivity index (χ1) is 6.92. The first-order valence-electron chi connectivity index (χ1n) is 4.58. The first-order valence-corrected chi connectivity index (χ1v) is 4.96. The molecule has 0 amide bonds. The van der Waals surface area contributed by atoms with Gasteiger partial charge in [0.25, 0.3) is 0 Å². The summed E-state index contributed by atoms with van der Waals surface area (Å²) in [5.41, 5.74) is -1.29. The van der Waals surface area contributed by atoms with Gasteiger partial charge in [-0.2, -0.15) is 0 Å². The van der Waals surface area contributed by atoms with Gasteiger partial charge in [0.2, 0.25) is 5.67 Å². The second kappa shape index (κ2) is 4.62. The number of carboxylic acid groups (broad SMARTS) is 1. The molecule has 4 heteroatoms. The largest absolute Gasteiger partial charge is 0.479 e. The van der Waals surface area contributed by atoms with Crippen LogP contribution in [0.15, 0.2) is 24.3 Å². The average molecular weight is 231 g/mol. The van der Waals surface area contributed by atoms with Gasteiger partial charge in [-0.1, -0.05) is 23.7 Å². The molecule has 1 aromatic rings. The molecule has 1 aromatic carbocycles. The van der Waals surface area contributed by atoms with Gasteiger partial charge in [-0.25, -0.2) is 9.18 Å². The lowest BCUT2D eigenvalue weighted by Gasteiger charge is -2.14. The number of hydrogen-bond acceptors (Lipinski definition) is 1. The number of hydrogen-bond donors (Lipinski definition) is 1. The first kappa shape index (κ1) is 12.0. The van der Waals surface area contributed by atoms with Crippen LogP contribution in [0, 0.1) is 0 Å². The Morgan fingerprint density at radius 2 is 2.00 bits per heavy atom. The summed E-state index contributed by atoms with van der Waals surface area (Å²) < 4.78 is 13.4. The lowest BCUT2D eigenvalue weighted by Crippen LogP contribution is -2.30. The van der Waals surface area contributed by atoms with Gasteiger partial charge in [0.05, 0.1) is 0 Å². The van der Waals surface area contributed by atoms with Gasteiger partial charge >= 0.3 is 5.97 Å². The smallest absolute Gasteiger partial charge is 0.341 e. The maximum Gasteiger partial charge on any atom is 0.341 e. The van der Waals surface area contributed by atoms with Crippen LogP contribution in [-0.2, 0) is 11.2 Å². The van der Waals surface area contributed by atoms with Crippen molar-refractivity contribution in [2.45, 2.75) is 25.4 Å². The molecule has 2 nitrogen and oxygen atoms in total. The summed E-state index contributed by atoms with van der Waals surface area (Å²) in [5, 5.41) is 9.18. The maximum atomic E-state index is 13.4. The lowest BCUT2D eigenvalue weighted by molar-refractivity contribution is -0.150. The molecule has 0 fully saturated rings. The van der Waals surface area contributed by atoms with E-state index in [2.05, 4.69) is 0 Å². The zero-order valence-electron chi connectivity index (χ0n) is 8.34. The van der Waals surface area contributed by atoms with Gasteiger partial charge in [0, 0.05) is 5.02 Å². The lowest BCUT2D eigenvalue weighted by atomic mass is 9.99. The van der Waals surface area contributed by atoms with Gasteiger partial charge in [0.1, 0.15) is 0 Å². The summed E-state index contributed by atoms with van der Waals surface area (Å²) in [5.74, 6) is -1.42. The van der Waals surface area contributed by atoms with E-state index in [0.29, 0.717) is 11.4 Å². The number of carbonyl (C=O) groups is 1. The highest BCUT2D eigenvalue weighted by molar-refractivity contribution is 6.30. The monoisotopic (exact) mass is 230 g/mol. The second-order valence-electron chi connectivity index (χ2n) is 3.63. The van der Waals surface area contributed by atoms with Crippen molar-refractivity contribution in [3.8, 4) is 0 Å². The number of rotatable bonds is 4. The molecule has 0 saturated carbocycles. The Morgan fingerprint density at radius 3 is 2.47 bits per heavy atom. The van der Waals surface area contributed by atoms with E-state index in [1.165, 1.54) is 0 Å². The van der Waals surface area contributed by atoms with E-state index >= 15 is 0 Å². The molecule has 0 radical (unpaired) electrons. The van der Waals surface area contributed by atoms with E-state index in [4.69, 9.17) is 16.7 Å². The number of halogens is 2. The van der Waals surface area contributed by atoms with Crippen molar-refractivity contribution in [1.82, 2.24) is 0 Å². The molecule has 0 aromatic heterocycles. The van der Waals surface area contributed by atoms with E-state index in [9.17, 15) is 9.18 Å². The van der Waals surface area contributed by atoms with Gasteiger partial charge in [-0.15, -0.1) is 0 Å². The summed E-state index contributed by atoms with van der Waals surface area (Å²) in [6, 6.07) is 6.93. The highest BCUT2D eigenvalue weighted by atomic mass is 35.5. The van der Waals surface area contributed by atoms with Crippen LogP contribution < -0.4 is 0 Å². The van der Waals surface area contributed by atoms with Crippen LogP contribution in [0.1, 0.15) is 18.9 Å². The van der Waals surface area contributed by atoms with Crippen LogP contribution in [0.2, 0.25) is 5.02 Å². The van der Waals surface area contributed by atoms with Crippen molar-refractivity contribution >= 4 is 17.6 Å². The Kier molecular flexibility index (Phi) is 3.69. The van der Waals surface area contributed by atoms with Crippen molar-refractivity contribution in [3.63, 3.8) is 0 Å². The SMILES string of the molecule is CC(F)(CCc1ccc(Cl)cc1)C(=O)O. The van der Waals surface area contributed by atoms with Gasteiger partial charge in [0.15, 0.2) is 0 Å². The summed E-state index contributed by atoms with van der Waals surface area (Å²) in [6.07, 6.45) is 0.348. The van der Waals surface area contributed by atoms with Crippen LogP contribution in [-0.4, -0.2) is 16.7 Å². The molecule has 0 heterocycles. The van der Waals surface area contributed by atoms with E-state index in [0.717, 1.165) is 12.5 Å². The fourth-order valence-electron chi connectivity index (χ4n) is 1.14. The Labute approximate surface area is 92.7 Å². The minimum atomic E-state index is -2.17. The minimum absolute atomic E-state index is 0.0377. The summed E-state index contributed by atoms with van der Waals surface area (Å²) in [4.78, 5) is 10.5. The van der Waals surface area contributed by atoms with E-state index in [-0.39, 0.29) is 6.42 Å². The van der Waals surface area contributed by atoms with E-state index in [1.54, 1.807) is 24.3 Å². The quantitative estimate of drug-likeness (QED) is 0.863. The summed E-state index contributed by atoms with van der Waals surface area (Å²) >= 11 is 5.68. The molecule has 1 N–H and O–H groups in total. The van der Waals surface area contributed by atoms with Gasteiger partial charge in [-0.3, -0.25) is 0 Å². The molecule has 0 bridgehead atoms. The number of benzene rings is 1. The van der Waals surface area contributed by atoms with Crippen molar-refractivity contribution in [1.29, 1.82) is 0 Å². The van der Waals surface area contributed by atoms with Crippen LogP contribution in [0.5, 0.6) is 0 Å². The van der Waals surface area contributed by atoms with Crippen LogP contribution in [0.3, 0.4) is 0 Å². The normalized spacial score (nSPS) is 14.6. The van der Waals surface area contributed by atoms with Gasteiger partial charge < -0.3 is 5.11 Å². The standard InChI is InChI=1S/C11H12ClFO2/c1-11(13,10(14)15)7-6-8-2-4-9(12)5-3-8/h2-5H,6-7H2,1H3,(H,14,15). The third-order valence-corrected chi connectivity index (χ3v) is 2.49. The Bertz CT molecular complexity index is 346. The molecular formula is C11H12ClFO2. The average Bonchev–Trinajstić information content (AvgIpc) is 2.17. The predicted octanol–water partition coefficient (Wildman–Crippen LogP) is 3.09. The fourth-order valence-corrected chi connectivity index (χ4v) is 1.26. The zero-order chi connectivity index (χ0) is 11.5. The number of aryl methyl sites for hydroxylation is 1. The molecule has 0 spiro atoms. The highest BCUT2D eigenvalue weighted by Crippen LogP contribution is 2.19.